The number of hydrogen-bond donors (Lipinski definition) is 1. The topological polar surface area (TPSA) is 35.2 Å². The SMILES string of the molecule is NC1CCCC(Oc2cccs2)C1. The van der Waals surface area contributed by atoms with E-state index in [1.54, 1.807) is 11.3 Å². The Morgan fingerprint density at radius 1 is 1.46 bits per heavy atom. The summed E-state index contributed by atoms with van der Waals surface area (Å²) in [6, 6.07) is 4.38. The Hall–Kier alpha value is -0.540. The highest BCUT2D eigenvalue weighted by Gasteiger charge is 2.20. The van der Waals surface area contributed by atoms with Gasteiger partial charge >= 0.3 is 0 Å². The van der Waals surface area contributed by atoms with E-state index in [2.05, 4.69) is 0 Å². The molecule has 1 aromatic rings. The summed E-state index contributed by atoms with van der Waals surface area (Å²) >= 11 is 1.65. The Morgan fingerprint density at radius 2 is 2.38 bits per heavy atom. The fourth-order valence-corrected chi connectivity index (χ4v) is 2.42. The van der Waals surface area contributed by atoms with Crippen LogP contribution in [0.15, 0.2) is 17.5 Å². The van der Waals surface area contributed by atoms with Crippen LogP contribution in [-0.2, 0) is 0 Å². The van der Waals surface area contributed by atoms with Gasteiger partial charge in [0, 0.05) is 6.04 Å². The largest absolute Gasteiger partial charge is 0.481 e. The van der Waals surface area contributed by atoms with E-state index in [0.717, 1.165) is 24.3 Å². The van der Waals surface area contributed by atoms with Crippen LogP contribution in [0.25, 0.3) is 0 Å². The zero-order valence-electron chi connectivity index (χ0n) is 7.61. The van der Waals surface area contributed by atoms with Crippen LogP contribution in [-0.4, -0.2) is 12.1 Å². The molecule has 2 N–H and O–H groups in total. The second-order valence-electron chi connectivity index (χ2n) is 3.60. The molecule has 3 heteroatoms. The van der Waals surface area contributed by atoms with Crippen molar-refractivity contribution in [3.05, 3.63) is 17.5 Å². The molecular formula is C10H15NOS. The first-order chi connectivity index (χ1) is 6.34. The lowest BCUT2D eigenvalue weighted by molar-refractivity contribution is 0.149. The molecule has 0 spiro atoms. The maximum Gasteiger partial charge on any atom is 0.174 e. The molecule has 2 unspecified atom stereocenters. The van der Waals surface area contributed by atoms with Crippen molar-refractivity contribution >= 4 is 11.3 Å². The molecule has 13 heavy (non-hydrogen) atoms. The molecule has 0 aliphatic heterocycles. The van der Waals surface area contributed by atoms with Crippen LogP contribution >= 0.6 is 11.3 Å². The zero-order chi connectivity index (χ0) is 9.10. The average Bonchev–Trinajstić information content (AvgIpc) is 2.57. The number of hydrogen-bond acceptors (Lipinski definition) is 3. The Balaban J connectivity index is 1.87. The third kappa shape index (κ3) is 2.45. The van der Waals surface area contributed by atoms with Gasteiger partial charge in [-0.25, -0.2) is 0 Å². The van der Waals surface area contributed by atoms with E-state index in [1.807, 2.05) is 17.5 Å². The molecule has 1 saturated carbocycles. The van der Waals surface area contributed by atoms with Gasteiger partial charge in [0.2, 0.25) is 0 Å². The fraction of sp³-hybridized carbons (Fsp3) is 0.600. The Labute approximate surface area is 82.7 Å². The first kappa shape index (κ1) is 9.03. The van der Waals surface area contributed by atoms with Crippen molar-refractivity contribution in [3.8, 4) is 5.06 Å². The molecule has 0 saturated heterocycles. The predicted octanol–water partition coefficient (Wildman–Crippen LogP) is 2.40. The van der Waals surface area contributed by atoms with Gasteiger partial charge < -0.3 is 10.5 Å². The third-order valence-corrected chi connectivity index (χ3v) is 3.20. The number of rotatable bonds is 2. The highest BCUT2D eigenvalue weighted by molar-refractivity contribution is 7.11. The third-order valence-electron chi connectivity index (χ3n) is 2.44. The van der Waals surface area contributed by atoms with Crippen LogP contribution in [0.2, 0.25) is 0 Å². The molecule has 1 heterocycles. The van der Waals surface area contributed by atoms with Gasteiger partial charge in [-0.3, -0.25) is 0 Å². The van der Waals surface area contributed by atoms with Crippen molar-refractivity contribution in [3.63, 3.8) is 0 Å². The van der Waals surface area contributed by atoms with E-state index in [9.17, 15) is 0 Å². The van der Waals surface area contributed by atoms with Gasteiger partial charge in [-0.1, -0.05) is 0 Å². The molecule has 1 fully saturated rings. The summed E-state index contributed by atoms with van der Waals surface area (Å²) in [4.78, 5) is 0. The van der Waals surface area contributed by atoms with E-state index >= 15 is 0 Å². The minimum absolute atomic E-state index is 0.346. The minimum Gasteiger partial charge on any atom is -0.481 e. The van der Waals surface area contributed by atoms with Crippen LogP contribution in [0.1, 0.15) is 25.7 Å². The molecule has 0 radical (unpaired) electrons. The first-order valence-electron chi connectivity index (χ1n) is 4.80. The van der Waals surface area contributed by atoms with Gasteiger partial charge in [-0.2, -0.15) is 0 Å². The van der Waals surface area contributed by atoms with Crippen molar-refractivity contribution in [1.29, 1.82) is 0 Å². The fourth-order valence-electron chi connectivity index (χ4n) is 1.78. The van der Waals surface area contributed by atoms with Gasteiger partial charge in [-0.15, -0.1) is 11.3 Å². The van der Waals surface area contributed by atoms with Crippen molar-refractivity contribution < 1.29 is 4.74 Å². The number of nitrogens with two attached hydrogens (primary N) is 1. The first-order valence-corrected chi connectivity index (χ1v) is 5.68. The summed E-state index contributed by atoms with van der Waals surface area (Å²) in [7, 11) is 0. The van der Waals surface area contributed by atoms with E-state index in [1.165, 1.54) is 6.42 Å². The normalized spacial score (nSPS) is 28.7. The van der Waals surface area contributed by atoms with Crippen LogP contribution in [0.4, 0.5) is 0 Å². The highest BCUT2D eigenvalue weighted by atomic mass is 32.1. The molecule has 2 atom stereocenters. The molecule has 1 aromatic heterocycles. The minimum atomic E-state index is 0.346. The van der Waals surface area contributed by atoms with Crippen LogP contribution < -0.4 is 10.5 Å². The van der Waals surface area contributed by atoms with Crippen molar-refractivity contribution in [2.45, 2.75) is 37.8 Å². The molecule has 1 aliphatic rings. The van der Waals surface area contributed by atoms with Gasteiger partial charge in [-0.05, 0) is 43.2 Å². The second kappa shape index (κ2) is 4.11. The molecule has 2 rings (SSSR count). The molecule has 0 bridgehead atoms. The number of ether oxygens (including phenoxy) is 1. The van der Waals surface area contributed by atoms with E-state index in [0.29, 0.717) is 12.1 Å². The summed E-state index contributed by atoms with van der Waals surface area (Å²) < 4.78 is 5.80. The summed E-state index contributed by atoms with van der Waals surface area (Å²) in [6.07, 6.45) is 4.88. The molecule has 2 nitrogen and oxygen atoms in total. The van der Waals surface area contributed by atoms with E-state index in [-0.39, 0.29) is 0 Å². The molecular weight excluding hydrogens is 182 g/mol. The maximum atomic E-state index is 5.88. The zero-order valence-corrected chi connectivity index (χ0v) is 8.43. The summed E-state index contributed by atoms with van der Waals surface area (Å²) in [5.41, 5.74) is 5.88. The Kier molecular flexibility index (Phi) is 2.86. The summed E-state index contributed by atoms with van der Waals surface area (Å²) in [5, 5.41) is 3.07. The maximum absolute atomic E-state index is 5.88. The van der Waals surface area contributed by atoms with E-state index in [4.69, 9.17) is 10.5 Å². The quantitative estimate of drug-likeness (QED) is 0.790. The van der Waals surface area contributed by atoms with Gasteiger partial charge in [0.25, 0.3) is 0 Å². The molecule has 72 valence electrons. The lowest BCUT2D eigenvalue weighted by Crippen LogP contribution is -2.33. The molecule has 0 aromatic carbocycles. The summed E-state index contributed by atoms with van der Waals surface area (Å²) in [5.74, 6) is 0. The average molecular weight is 197 g/mol. The van der Waals surface area contributed by atoms with Crippen molar-refractivity contribution in [2.75, 3.05) is 0 Å². The second-order valence-corrected chi connectivity index (χ2v) is 4.51. The Bertz CT molecular complexity index is 247. The van der Waals surface area contributed by atoms with Crippen molar-refractivity contribution in [1.82, 2.24) is 0 Å². The van der Waals surface area contributed by atoms with E-state index < -0.39 is 0 Å². The van der Waals surface area contributed by atoms with Crippen molar-refractivity contribution in [2.24, 2.45) is 5.73 Å². The standard InChI is InChI=1S/C10H15NOS/c11-8-3-1-4-9(7-8)12-10-5-2-6-13-10/h2,5-6,8-9H,1,3-4,7,11H2. The smallest absolute Gasteiger partial charge is 0.174 e. The highest BCUT2D eigenvalue weighted by Crippen LogP contribution is 2.25. The monoisotopic (exact) mass is 197 g/mol. The Morgan fingerprint density at radius 3 is 3.08 bits per heavy atom. The van der Waals surface area contributed by atoms with Gasteiger partial charge in [0.1, 0.15) is 6.10 Å². The summed E-state index contributed by atoms with van der Waals surface area (Å²) in [6.45, 7) is 0. The predicted molar refractivity (Wildman–Crippen MR) is 55.2 cm³/mol. The van der Waals surface area contributed by atoms with Gasteiger partial charge in [0.15, 0.2) is 5.06 Å². The van der Waals surface area contributed by atoms with Crippen LogP contribution in [0, 0.1) is 0 Å². The van der Waals surface area contributed by atoms with Crippen LogP contribution in [0.5, 0.6) is 5.06 Å². The van der Waals surface area contributed by atoms with Crippen LogP contribution in [0.3, 0.4) is 0 Å². The molecule has 0 amide bonds. The lowest BCUT2D eigenvalue weighted by Gasteiger charge is -2.26. The van der Waals surface area contributed by atoms with Gasteiger partial charge in [0.05, 0.1) is 0 Å². The number of thiophene rings is 1. The lowest BCUT2D eigenvalue weighted by atomic mass is 9.94. The molecule has 1 aliphatic carbocycles.